The van der Waals surface area contributed by atoms with E-state index >= 15 is 0 Å². The Balaban J connectivity index is 1.96. The Bertz CT molecular complexity index is 376. The predicted molar refractivity (Wildman–Crippen MR) is 55.2 cm³/mol. The molecule has 1 aliphatic heterocycles. The van der Waals surface area contributed by atoms with Crippen molar-refractivity contribution in [2.24, 2.45) is 0 Å². The van der Waals surface area contributed by atoms with Gasteiger partial charge in [-0.25, -0.2) is 0 Å². The van der Waals surface area contributed by atoms with Gasteiger partial charge in [-0.2, -0.15) is 0 Å². The van der Waals surface area contributed by atoms with E-state index < -0.39 is 13.9 Å². The van der Waals surface area contributed by atoms with Crippen molar-refractivity contribution in [3.05, 3.63) is 30.3 Å². The Morgan fingerprint density at radius 1 is 1.33 bits per heavy atom. The van der Waals surface area contributed by atoms with Gasteiger partial charge in [0.25, 0.3) is 8.03 Å². The third-order valence-electron chi connectivity index (χ3n) is 2.11. The van der Waals surface area contributed by atoms with Crippen LogP contribution in [0.4, 0.5) is 0 Å². The molecule has 2 unspecified atom stereocenters. The molecule has 80 valence electrons. The molecule has 1 aliphatic rings. The molecule has 0 aromatic heterocycles. The van der Waals surface area contributed by atoms with E-state index in [4.69, 9.17) is 9.26 Å². The van der Waals surface area contributed by atoms with Gasteiger partial charge in [-0.1, -0.05) is 18.2 Å². The normalized spacial score (nSPS) is 22.1. The zero-order valence-electron chi connectivity index (χ0n) is 8.01. The molecule has 0 radical (unpaired) electrons. The number of rotatable bonds is 3. The van der Waals surface area contributed by atoms with Crippen LogP contribution >= 0.6 is 8.03 Å². The highest BCUT2D eigenvalue weighted by atomic mass is 31.1. The first-order valence-corrected chi connectivity index (χ1v) is 6.11. The van der Waals surface area contributed by atoms with E-state index in [0.29, 0.717) is 18.6 Å². The van der Waals surface area contributed by atoms with Gasteiger partial charge in [-0.05, 0) is 12.1 Å². The third-order valence-corrected chi connectivity index (χ3v) is 3.48. The van der Waals surface area contributed by atoms with Crippen molar-refractivity contribution < 1.29 is 18.6 Å². The molecule has 2 atom stereocenters. The Morgan fingerprint density at radius 2 is 2.07 bits per heavy atom. The summed E-state index contributed by atoms with van der Waals surface area (Å²) in [7, 11) is -2.35. The van der Waals surface area contributed by atoms with Crippen molar-refractivity contribution in [2.45, 2.75) is 18.7 Å². The molecule has 0 N–H and O–H groups in total. The summed E-state index contributed by atoms with van der Waals surface area (Å²) in [5.74, 6) is -0.304. The number of carbonyl (C=O) groups is 1. The highest BCUT2D eigenvalue weighted by Crippen LogP contribution is 2.38. The molecule has 0 bridgehead atoms. The molecule has 1 aromatic carbocycles. The van der Waals surface area contributed by atoms with Gasteiger partial charge in [-0.3, -0.25) is 9.36 Å². The fourth-order valence-electron chi connectivity index (χ4n) is 1.36. The van der Waals surface area contributed by atoms with Gasteiger partial charge in [0.15, 0.2) is 5.85 Å². The minimum Gasteiger partial charge on any atom is -0.451 e. The fourth-order valence-corrected chi connectivity index (χ4v) is 2.47. The van der Waals surface area contributed by atoms with Crippen molar-refractivity contribution in [1.29, 1.82) is 0 Å². The summed E-state index contributed by atoms with van der Waals surface area (Å²) in [5.41, 5.74) is 0. The maximum absolute atomic E-state index is 11.6. The lowest BCUT2D eigenvalue weighted by Crippen LogP contribution is -2.03. The molecule has 1 aromatic rings. The first kappa shape index (κ1) is 10.2. The summed E-state index contributed by atoms with van der Waals surface area (Å²) in [6.45, 7) is 0. The van der Waals surface area contributed by atoms with Crippen molar-refractivity contribution in [3.63, 3.8) is 0 Å². The monoisotopic (exact) mass is 226 g/mol. The first-order valence-electron chi connectivity index (χ1n) is 4.72. The van der Waals surface area contributed by atoms with Gasteiger partial charge >= 0.3 is 5.97 Å². The van der Waals surface area contributed by atoms with E-state index in [9.17, 15) is 9.36 Å². The largest absolute Gasteiger partial charge is 0.451 e. The Labute approximate surface area is 88.1 Å². The van der Waals surface area contributed by atoms with E-state index in [-0.39, 0.29) is 5.97 Å². The summed E-state index contributed by atoms with van der Waals surface area (Å²) in [5, 5.41) is 0. The summed E-state index contributed by atoms with van der Waals surface area (Å²) in [4.78, 5) is 10.8. The average Bonchev–Trinajstić information content (AvgIpc) is 2.66. The Hall–Kier alpha value is -1.28. The highest BCUT2D eigenvalue weighted by Gasteiger charge is 2.29. The first-order chi connectivity index (χ1) is 7.25. The molecule has 1 saturated heterocycles. The van der Waals surface area contributed by atoms with Gasteiger partial charge in [0.1, 0.15) is 5.75 Å². The highest BCUT2D eigenvalue weighted by molar-refractivity contribution is 7.40. The van der Waals surface area contributed by atoms with Crippen LogP contribution in [-0.4, -0.2) is 11.8 Å². The molecule has 1 fully saturated rings. The molecule has 4 nitrogen and oxygen atoms in total. The van der Waals surface area contributed by atoms with E-state index in [2.05, 4.69) is 0 Å². The van der Waals surface area contributed by atoms with Gasteiger partial charge in [0, 0.05) is 12.8 Å². The standard InChI is InChI=1S/C10H11O4P/c11-9-6-7-10(13-9)15(12)14-8-4-2-1-3-5-8/h1-5,10,15H,6-7H2. The zero-order valence-corrected chi connectivity index (χ0v) is 9.01. The quantitative estimate of drug-likeness (QED) is 0.585. The van der Waals surface area contributed by atoms with Crippen LogP contribution in [0.2, 0.25) is 0 Å². The lowest BCUT2D eigenvalue weighted by molar-refractivity contribution is -0.139. The maximum Gasteiger partial charge on any atom is 0.306 e. The average molecular weight is 226 g/mol. The van der Waals surface area contributed by atoms with E-state index in [0.717, 1.165) is 0 Å². The number of para-hydroxylation sites is 1. The number of carbonyl (C=O) groups excluding carboxylic acids is 1. The Kier molecular flexibility index (Phi) is 3.07. The van der Waals surface area contributed by atoms with Crippen molar-refractivity contribution in [1.82, 2.24) is 0 Å². The van der Waals surface area contributed by atoms with E-state index in [1.807, 2.05) is 6.07 Å². The topological polar surface area (TPSA) is 52.6 Å². The molecular weight excluding hydrogens is 215 g/mol. The smallest absolute Gasteiger partial charge is 0.306 e. The van der Waals surface area contributed by atoms with Crippen molar-refractivity contribution in [2.75, 3.05) is 0 Å². The van der Waals surface area contributed by atoms with Gasteiger partial charge in [-0.15, -0.1) is 0 Å². The Morgan fingerprint density at radius 3 is 2.67 bits per heavy atom. The van der Waals surface area contributed by atoms with Crippen LogP contribution in [0.25, 0.3) is 0 Å². The van der Waals surface area contributed by atoms with Crippen LogP contribution < -0.4 is 4.52 Å². The number of hydrogen-bond acceptors (Lipinski definition) is 4. The number of cyclic esters (lactones) is 1. The molecule has 2 rings (SSSR count). The second kappa shape index (κ2) is 4.49. The number of esters is 1. The van der Waals surface area contributed by atoms with Gasteiger partial charge in [0.05, 0.1) is 0 Å². The SMILES string of the molecule is O=C1CCC([PH](=O)Oc2ccccc2)O1. The second-order valence-electron chi connectivity index (χ2n) is 3.25. The van der Waals surface area contributed by atoms with Gasteiger partial charge < -0.3 is 9.26 Å². The van der Waals surface area contributed by atoms with Gasteiger partial charge in [0.2, 0.25) is 0 Å². The molecule has 1 heterocycles. The second-order valence-corrected chi connectivity index (χ2v) is 4.74. The maximum atomic E-state index is 11.6. The minimum absolute atomic E-state index is 0.296. The molecule has 0 saturated carbocycles. The summed E-state index contributed by atoms with van der Waals surface area (Å²) in [6.07, 6.45) is 0.822. The third kappa shape index (κ3) is 2.60. The van der Waals surface area contributed by atoms with Crippen LogP contribution in [0.5, 0.6) is 5.75 Å². The molecule has 0 aliphatic carbocycles. The molecule has 5 heteroatoms. The molecule has 0 spiro atoms. The number of benzene rings is 1. The minimum atomic E-state index is -2.35. The van der Waals surface area contributed by atoms with Crippen molar-refractivity contribution in [3.8, 4) is 5.75 Å². The van der Waals surface area contributed by atoms with Crippen LogP contribution in [0.1, 0.15) is 12.8 Å². The van der Waals surface area contributed by atoms with Crippen LogP contribution in [0.3, 0.4) is 0 Å². The predicted octanol–water partition coefficient (Wildman–Crippen LogP) is 2.20. The van der Waals surface area contributed by atoms with Crippen molar-refractivity contribution >= 4 is 14.0 Å². The van der Waals surface area contributed by atoms with E-state index in [1.165, 1.54) is 0 Å². The summed E-state index contributed by atoms with van der Waals surface area (Å²) >= 11 is 0. The molecular formula is C10H11O4P. The van der Waals surface area contributed by atoms with Crippen LogP contribution in [0.15, 0.2) is 30.3 Å². The van der Waals surface area contributed by atoms with Crippen LogP contribution in [0, 0.1) is 0 Å². The summed E-state index contributed by atoms with van der Waals surface area (Å²) in [6, 6.07) is 8.88. The molecule has 0 amide bonds. The van der Waals surface area contributed by atoms with Crippen LogP contribution in [-0.2, 0) is 14.1 Å². The molecule has 15 heavy (non-hydrogen) atoms. The van der Waals surface area contributed by atoms with E-state index in [1.54, 1.807) is 24.3 Å². The fraction of sp³-hybridized carbons (Fsp3) is 0.300. The lowest BCUT2D eigenvalue weighted by atomic mass is 10.3. The number of ether oxygens (including phenoxy) is 1. The summed E-state index contributed by atoms with van der Waals surface area (Å²) < 4.78 is 21.7. The zero-order chi connectivity index (χ0) is 10.7. The number of hydrogen-bond donors (Lipinski definition) is 0. The lowest BCUT2D eigenvalue weighted by Gasteiger charge is -2.10.